The summed E-state index contributed by atoms with van der Waals surface area (Å²) >= 11 is 6.19. The van der Waals surface area contributed by atoms with Gasteiger partial charge in [-0.25, -0.2) is 18.3 Å². The van der Waals surface area contributed by atoms with E-state index in [0.717, 1.165) is 6.42 Å². The van der Waals surface area contributed by atoms with Gasteiger partial charge < -0.3 is 5.32 Å². The van der Waals surface area contributed by atoms with Gasteiger partial charge in [-0.3, -0.25) is 14.2 Å². The maximum atomic E-state index is 13.6. The molecule has 1 atom stereocenters. The smallest absolute Gasteiger partial charge is 0.350 e. The molecule has 1 N–H and O–H groups in total. The Hall–Kier alpha value is -3.46. The molecule has 2 aromatic heterocycles. The van der Waals surface area contributed by atoms with Crippen molar-refractivity contribution in [3.63, 3.8) is 0 Å². The zero-order chi connectivity index (χ0) is 26.1. The number of halogens is 2. The molecule has 0 fully saturated rings. The van der Waals surface area contributed by atoms with Crippen molar-refractivity contribution in [3.05, 3.63) is 79.2 Å². The van der Waals surface area contributed by atoms with E-state index in [9.17, 15) is 18.8 Å². The van der Waals surface area contributed by atoms with Crippen molar-refractivity contribution in [2.24, 2.45) is 5.92 Å². The number of nitrogens with zero attached hydrogens (tertiary/aromatic N) is 4. The molecule has 4 aromatic rings. The fourth-order valence-electron chi connectivity index (χ4n) is 3.97. The first-order chi connectivity index (χ1) is 17.1. The molecule has 10 heteroatoms. The van der Waals surface area contributed by atoms with E-state index >= 15 is 0 Å². The number of benzene rings is 2. The average Bonchev–Trinajstić information content (AvgIpc) is 3.15. The predicted molar refractivity (Wildman–Crippen MR) is 138 cm³/mol. The van der Waals surface area contributed by atoms with Gasteiger partial charge in [0.2, 0.25) is 5.78 Å². The summed E-state index contributed by atoms with van der Waals surface area (Å²) in [4.78, 5) is 39.8. The lowest BCUT2D eigenvalue weighted by Gasteiger charge is -2.13. The van der Waals surface area contributed by atoms with Crippen LogP contribution in [0.4, 0.5) is 4.39 Å². The molecule has 0 saturated heterocycles. The van der Waals surface area contributed by atoms with E-state index in [0.29, 0.717) is 40.9 Å². The molecule has 0 aliphatic rings. The molecule has 8 nitrogen and oxygen atoms in total. The Kier molecular flexibility index (Phi) is 7.31. The highest BCUT2D eigenvalue weighted by molar-refractivity contribution is 6.31. The third-order valence-electron chi connectivity index (χ3n) is 6.30. The molecule has 2 aromatic carbocycles. The van der Waals surface area contributed by atoms with Crippen molar-refractivity contribution in [1.29, 1.82) is 0 Å². The van der Waals surface area contributed by atoms with Gasteiger partial charge >= 0.3 is 5.69 Å². The molecular weight excluding hydrogens is 485 g/mol. The maximum absolute atomic E-state index is 13.6. The number of aromatic nitrogens is 4. The number of nitrogens with one attached hydrogen (secondary N) is 1. The van der Waals surface area contributed by atoms with E-state index in [4.69, 9.17) is 11.6 Å². The third-order valence-corrected chi connectivity index (χ3v) is 6.65. The lowest BCUT2D eigenvalue weighted by Crippen LogP contribution is -2.32. The topological polar surface area (TPSA) is 90.4 Å². The second kappa shape index (κ2) is 10.3. The van der Waals surface area contributed by atoms with Crippen molar-refractivity contribution < 1.29 is 9.18 Å². The third kappa shape index (κ3) is 4.93. The number of aryl methyl sites for hydroxylation is 1. The van der Waals surface area contributed by atoms with Crippen LogP contribution in [0.1, 0.15) is 56.5 Å². The molecule has 36 heavy (non-hydrogen) atoms. The second-order valence-corrected chi connectivity index (χ2v) is 9.87. The molecule has 0 saturated carbocycles. The first-order valence-electron chi connectivity index (χ1n) is 12.0. The lowest BCUT2D eigenvalue weighted by atomic mass is 10.1. The number of fused-ring (bicyclic) bond motifs is 3. The fourth-order valence-corrected chi connectivity index (χ4v) is 4.20. The van der Waals surface area contributed by atoms with Crippen molar-refractivity contribution in [1.82, 2.24) is 24.1 Å². The van der Waals surface area contributed by atoms with Crippen molar-refractivity contribution in [2.75, 3.05) is 0 Å². The van der Waals surface area contributed by atoms with Crippen LogP contribution in [0, 0.1) is 11.7 Å². The summed E-state index contributed by atoms with van der Waals surface area (Å²) in [7, 11) is 0. The Bertz CT molecular complexity index is 1570. The first kappa shape index (κ1) is 25.6. The van der Waals surface area contributed by atoms with Crippen LogP contribution in [-0.2, 0) is 13.1 Å². The van der Waals surface area contributed by atoms with Gasteiger partial charge in [0.25, 0.3) is 11.5 Å². The molecule has 0 aliphatic carbocycles. The van der Waals surface area contributed by atoms with E-state index in [1.807, 2.05) is 27.7 Å². The summed E-state index contributed by atoms with van der Waals surface area (Å²) in [5, 5.41) is 7.86. The van der Waals surface area contributed by atoms with Gasteiger partial charge in [0.15, 0.2) is 0 Å². The molecule has 190 valence electrons. The highest BCUT2D eigenvalue weighted by atomic mass is 35.5. The molecule has 0 aliphatic heterocycles. The van der Waals surface area contributed by atoms with Crippen LogP contribution < -0.4 is 16.6 Å². The summed E-state index contributed by atoms with van der Waals surface area (Å²) in [6, 6.07) is 8.62. The minimum Gasteiger partial charge on any atom is -0.350 e. The Labute approximate surface area is 212 Å². The standard InChI is InChI=1S/C26H29ClFN5O3/c1-5-16(4)29-23(34)17-7-9-20-22(12-17)33-25(31(24(20)35)11-10-15(2)3)30-32(26(33)36)14-18-6-8-19(28)13-21(18)27/h6-9,12-13,15-16H,5,10-11,14H2,1-4H3,(H,29,34). The van der Waals surface area contributed by atoms with Gasteiger partial charge in [0, 0.05) is 23.2 Å². The van der Waals surface area contributed by atoms with Crippen LogP contribution >= 0.6 is 11.6 Å². The Morgan fingerprint density at radius 1 is 1.14 bits per heavy atom. The molecule has 1 unspecified atom stereocenters. The summed E-state index contributed by atoms with van der Waals surface area (Å²) < 4.78 is 17.6. The first-order valence-corrected chi connectivity index (χ1v) is 12.4. The van der Waals surface area contributed by atoms with E-state index in [-0.39, 0.29) is 34.9 Å². The normalized spacial score (nSPS) is 12.5. The van der Waals surface area contributed by atoms with Crippen LogP contribution in [0.15, 0.2) is 46.0 Å². The van der Waals surface area contributed by atoms with Crippen molar-refractivity contribution in [2.45, 2.75) is 59.7 Å². The maximum Gasteiger partial charge on any atom is 0.352 e. The average molecular weight is 514 g/mol. The van der Waals surface area contributed by atoms with E-state index in [1.165, 1.54) is 31.8 Å². The number of hydrogen-bond donors (Lipinski definition) is 1. The van der Waals surface area contributed by atoms with Gasteiger partial charge in [-0.15, -0.1) is 5.10 Å². The zero-order valence-electron chi connectivity index (χ0n) is 20.7. The molecule has 0 radical (unpaired) electrons. The van der Waals surface area contributed by atoms with E-state index < -0.39 is 11.5 Å². The summed E-state index contributed by atoms with van der Waals surface area (Å²) in [5.74, 6) is -0.272. The highest BCUT2D eigenvalue weighted by Crippen LogP contribution is 2.19. The molecule has 0 bridgehead atoms. The number of carbonyl (C=O) groups excluding carboxylic acids is 1. The number of amides is 1. The van der Waals surface area contributed by atoms with Crippen LogP contribution in [0.25, 0.3) is 16.7 Å². The van der Waals surface area contributed by atoms with Crippen molar-refractivity contribution >= 4 is 34.2 Å². The number of hydrogen-bond acceptors (Lipinski definition) is 4. The second-order valence-electron chi connectivity index (χ2n) is 9.47. The summed E-state index contributed by atoms with van der Waals surface area (Å²) in [6.45, 7) is 8.34. The van der Waals surface area contributed by atoms with Gasteiger partial charge in [-0.05, 0) is 61.6 Å². The van der Waals surface area contributed by atoms with Crippen LogP contribution in [0.3, 0.4) is 0 Å². The van der Waals surface area contributed by atoms with Gasteiger partial charge in [0.05, 0.1) is 17.4 Å². The fraction of sp³-hybridized carbons (Fsp3) is 0.385. The Balaban J connectivity index is 1.94. The van der Waals surface area contributed by atoms with Crippen LogP contribution in [0.5, 0.6) is 0 Å². The quantitative estimate of drug-likeness (QED) is 0.382. The van der Waals surface area contributed by atoms with Crippen LogP contribution in [0.2, 0.25) is 5.02 Å². The minimum absolute atomic E-state index is 0.00627. The largest absolute Gasteiger partial charge is 0.352 e. The van der Waals surface area contributed by atoms with Gasteiger partial charge in [-0.2, -0.15) is 0 Å². The van der Waals surface area contributed by atoms with Crippen LogP contribution in [-0.4, -0.2) is 30.7 Å². The Morgan fingerprint density at radius 2 is 1.89 bits per heavy atom. The van der Waals surface area contributed by atoms with Crippen molar-refractivity contribution in [3.8, 4) is 0 Å². The minimum atomic E-state index is -0.492. The SMILES string of the molecule is CCC(C)NC(=O)c1ccc2c(=O)n(CCC(C)C)c3nn(Cc4ccc(F)cc4Cl)c(=O)n3c2c1. The summed E-state index contributed by atoms with van der Waals surface area (Å²) in [6.07, 6.45) is 1.48. The number of carbonyl (C=O) groups is 1. The van der Waals surface area contributed by atoms with Gasteiger partial charge in [-0.1, -0.05) is 38.4 Å². The monoisotopic (exact) mass is 513 g/mol. The highest BCUT2D eigenvalue weighted by Gasteiger charge is 2.20. The molecular formula is C26H29ClFN5O3. The van der Waals surface area contributed by atoms with E-state index in [2.05, 4.69) is 10.4 Å². The predicted octanol–water partition coefficient (Wildman–Crippen LogP) is 4.23. The number of rotatable bonds is 8. The summed E-state index contributed by atoms with van der Waals surface area (Å²) in [5.41, 5.74) is 0.369. The molecule has 1 amide bonds. The molecule has 4 rings (SSSR count). The Morgan fingerprint density at radius 3 is 2.56 bits per heavy atom. The molecule has 0 spiro atoms. The molecule has 2 heterocycles. The van der Waals surface area contributed by atoms with Gasteiger partial charge in [0.1, 0.15) is 5.82 Å². The lowest BCUT2D eigenvalue weighted by molar-refractivity contribution is 0.0939. The zero-order valence-corrected chi connectivity index (χ0v) is 21.5. The van der Waals surface area contributed by atoms with E-state index in [1.54, 1.807) is 18.2 Å².